The van der Waals surface area contributed by atoms with Crippen LogP contribution in [0.1, 0.15) is 36.2 Å². The molecule has 1 amide bonds. The van der Waals surface area contributed by atoms with Crippen LogP contribution in [-0.2, 0) is 11.2 Å². The topological polar surface area (TPSA) is 42.0 Å². The molecule has 0 aliphatic carbocycles. The summed E-state index contributed by atoms with van der Waals surface area (Å²) in [4.78, 5) is 18.1. The van der Waals surface area contributed by atoms with Crippen molar-refractivity contribution in [2.75, 3.05) is 0 Å². The molecule has 0 fully saturated rings. The summed E-state index contributed by atoms with van der Waals surface area (Å²) >= 11 is 3.26. The van der Waals surface area contributed by atoms with Crippen molar-refractivity contribution in [2.24, 2.45) is 0 Å². The molecule has 5 heteroatoms. The maximum absolute atomic E-state index is 12.4. The molecule has 3 rings (SSSR count). The summed E-state index contributed by atoms with van der Waals surface area (Å²) in [5.74, 6) is 0.0189. The first-order chi connectivity index (χ1) is 11.7. The van der Waals surface area contributed by atoms with Gasteiger partial charge in [-0.15, -0.1) is 22.7 Å². The lowest BCUT2D eigenvalue weighted by molar-refractivity contribution is -0.121. The van der Waals surface area contributed by atoms with Crippen molar-refractivity contribution >= 4 is 28.6 Å². The number of aromatic nitrogens is 1. The number of nitrogens with zero attached hydrogens (tertiary/aromatic N) is 1. The predicted molar refractivity (Wildman–Crippen MR) is 101 cm³/mol. The van der Waals surface area contributed by atoms with Crippen LogP contribution in [0.15, 0.2) is 47.2 Å². The zero-order valence-corrected chi connectivity index (χ0v) is 15.4. The molecule has 1 atom stereocenters. The van der Waals surface area contributed by atoms with Crippen molar-refractivity contribution in [2.45, 2.75) is 32.7 Å². The van der Waals surface area contributed by atoms with Gasteiger partial charge in [-0.1, -0.05) is 42.8 Å². The van der Waals surface area contributed by atoms with Crippen molar-refractivity contribution in [3.05, 3.63) is 64.0 Å². The number of thiophene rings is 1. The van der Waals surface area contributed by atoms with Gasteiger partial charge in [0.05, 0.1) is 23.0 Å². The van der Waals surface area contributed by atoms with Crippen molar-refractivity contribution in [1.82, 2.24) is 10.3 Å². The largest absolute Gasteiger partial charge is 0.349 e. The summed E-state index contributed by atoms with van der Waals surface area (Å²) in [6.45, 7) is 4.15. The second-order valence-corrected chi connectivity index (χ2v) is 7.54. The molecule has 1 N–H and O–H groups in total. The molecule has 124 valence electrons. The molecule has 0 saturated heterocycles. The number of carbonyl (C=O) groups is 1. The predicted octanol–water partition coefficient (Wildman–Crippen LogP) is 4.99. The molecule has 3 aromatic rings. The molecule has 0 spiro atoms. The fraction of sp³-hybridized carbons (Fsp3) is 0.263. The minimum atomic E-state index is 0.0189. The molecule has 24 heavy (non-hydrogen) atoms. The fourth-order valence-electron chi connectivity index (χ4n) is 2.53. The Morgan fingerprint density at radius 2 is 2.00 bits per heavy atom. The van der Waals surface area contributed by atoms with E-state index >= 15 is 0 Å². The van der Waals surface area contributed by atoms with E-state index in [1.165, 1.54) is 5.56 Å². The third-order valence-corrected chi connectivity index (χ3v) is 5.78. The normalized spacial score (nSPS) is 12.1. The smallest absolute Gasteiger partial charge is 0.226 e. The Morgan fingerprint density at radius 3 is 2.67 bits per heavy atom. The molecule has 1 unspecified atom stereocenters. The van der Waals surface area contributed by atoms with Crippen LogP contribution >= 0.6 is 22.7 Å². The van der Waals surface area contributed by atoms with E-state index in [1.807, 2.05) is 16.8 Å². The molecule has 0 aliphatic heterocycles. The highest BCUT2D eigenvalue weighted by molar-refractivity contribution is 7.20. The highest BCUT2D eigenvalue weighted by Gasteiger charge is 2.14. The molecular formula is C19H20N2OS2. The first kappa shape index (κ1) is 16.9. The van der Waals surface area contributed by atoms with E-state index in [9.17, 15) is 4.79 Å². The number of hydrogen-bond donors (Lipinski definition) is 1. The SMILES string of the molecule is CCC(NC(=O)Cc1csc(-c2cccs2)n1)c1ccc(C)cc1. The number of aryl methyl sites for hydroxylation is 1. The number of nitrogens with one attached hydrogen (secondary N) is 1. The van der Waals surface area contributed by atoms with Crippen molar-refractivity contribution in [1.29, 1.82) is 0 Å². The van der Waals surface area contributed by atoms with Crippen LogP contribution in [0.25, 0.3) is 9.88 Å². The maximum atomic E-state index is 12.4. The third-order valence-electron chi connectivity index (χ3n) is 3.85. The highest BCUT2D eigenvalue weighted by Crippen LogP contribution is 2.28. The summed E-state index contributed by atoms with van der Waals surface area (Å²) < 4.78 is 0. The van der Waals surface area contributed by atoms with Crippen LogP contribution in [0.3, 0.4) is 0 Å². The van der Waals surface area contributed by atoms with Crippen LogP contribution in [-0.4, -0.2) is 10.9 Å². The van der Waals surface area contributed by atoms with E-state index in [4.69, 9.17) is 0 Å². The standard InChI is InChI=1S/C19H20N2OS2/c1-3-16(14-8-6-13(2)7-9-14)21-18(22)11-15-12-24-19(20-15)17-5-4-10-23-17/h4-10,12,16H,3,11H2,1-2H3,(H,21,22). The number of benzene rings is 1. The quantitative estimate of drug-likeness (QED) is 0.676. The zero-order valence-electron chi connectivity index (χ0n) is 13.8. The van der Waals surface area contributed by atoms with Crippen LogP contribution in [0, 0.1) is 6.92 Å². The van der Waals surface area contributed by atoms with Gasteiger partial charge in [-0.05, 0) is 30.4 Å². The highest BCUT2D eigenvalue weighted by atomic mass is 32.1. The van der Waals surface area contributed by atoms with Crippen LogP contribution in [0.5, 0.6) is 0 Å². The van der Waals surface area contributed by atoms with E-state index in [-0.39, 0.29) is 11.9 Å². The van der Waals surface area contributed by atoms with Crippen LogP contribution in [0.4, 0.5) is 0 Å². The number of rotatable bonds is 6. The van der Waals surface area contributed by atoms with Crippen LogP contribution in [0.2, 0.25) is 0 Å². The Balaban J connectivity index is 1.63. The van der Waals surface area contributed by atoms with Gasteiger partial charge < -0.3 is 5.32 Å². The van der Waals surface area contributed by atoms with Gasteiger partial charge in [0.2, 0.25) is 5.91 Å². The van der Waals surface area contributed by atoms with Gasteiger partial charge in [-0.2, -0.15) is 0 Å². The first-order valence-electron chi connectivity index (χ1n) is 8.00. The summed E-state index contributed by atoms with van der Waals surface area (Å²) in [7, 11) is 0. The number of amides is 1. The Labute approximate surface area is 150 Å². The summed E-state index contributed by atoms with van der Waals surface area (Å²) in [6.07, 6.45) is 1.19. The molecule has 0 bridgehead atoms. The van der Waals surface area contributed by atoms with E-state index in [0.29, 0.717) is 6.42 Å². The average molecular weight is 357 g/mol. The lowest BCUT2D eigenvalue weighted by Gasteiger charge is -2.17. The molecule has 0 radical (unpaired) electrons. The molecule has 2 aromatic heterocycles. The average Bonchev–Trinajstić information content (AvgIpc) is 3.24. The lowest BCUT2D eigenvalue weighted by Crippen LogP contribution is -2.29. The minimum absolute atomic E-state index is 0.0189. The zero-order chi connectivity index (χ0) is 16.9. The molecule has 1 aromatic carbocycles. The fourth-order valence-corrected chi connectivity index (χ4v) is 4.17. The molecule has 0 saturated carbocycles. The Hall–Kier alpha value is -1.98. The van der Waals surface area contributed by atoms with Crippen molar-refractivity contribution in [3.63, 3.8) is 0 Å². The Bertz CT molecular complexity index is 791. The van der Waals surface area contributed by atoms with E-state index in [2.05, 4.69) is 54.5 Å². The van der Waals surface area contributed by atoms with Gasteiger partial charge in [0.1, 0.15) is 5.01 Å². The Morgan fingerprint density at radius 1 is 1.21 bits per heavy atom. The van der Waals surface area contributed by atoms with E-state index < -0.39 is 0 Å². The number of carbonyl (C=O) groups excluding carboxylic acids is 1. The van der Waals surface area contributed by atoms with Gasteiger partial charge in [0.25, 0.3) is 0 Å². The lowest BCUT2D eigenvalue weighted by atomic mass is 10.0. The summed E-state index contributed by atoms with van der Waals surface area (Å²) in [5.41, 5.74) is 3.21. The molecular weight excluding hydrogens is 336 g/mol. The van der Waals surface area contributed by atoms with Gasteiger partial charge in [-0.3, -0.25) is 4.79 Å². The van der Waals surface area contributed by atoms with Crippen LogP contribution < -0.4 is 5.32 Å². The number of thiazole rings is 1. The van der Waals surface area contributed by atoms with E-state index in [1.54, 1.807) is 22.7 Å². The van der Waals surface area contributed by atoms with Gasteiger partial charge in [0.15, 0.2) is 0 Å². The monoisotopic (exact) mass is 356 g/mol. The summed E-state index contributed by atoms with van der Waals surface area (Å²) in [6, 6.07) is 12.5. The van der Waals surface area contributed by atoms with E-state index in [0.717, 1.165) is 27.6 Å². The third kappa shape index (κ3) is 4.10. The minimum Gasteiger partial charge on any atom is -0.349 e. The second kappa shape index (κ2) is 7.73. The Kier molecular flexibility index (Phi) is 5.43. The van der Waals surface area contributed by atoms with Gasteiger partial charge >= 0.3 is 0 Å². The molecule has 0 aliphatic rings. The summed E-state index contributed by atoms with van der Waals surface area (Å²) in [5, 5.41) is 8.12. The van der Waals surface area contributed by atoms with Gasteiger partial charge in [0, 0.05) is 5.38 Å². The van der Waals surface area contributed by atoms with Crippen molar-refractivity contribution < 1.29 is 4.79 Å². The van der Waals surface area contributed by atoms with Gasteiger partial charge in [-0.25, -0.2) is 4.98 Å². The molecule has 2 heterocycles. The molecule has 3 nitrogen and oxygen atoms in total. The number of hydrogen-bond acceptors (Lipinski definition) is 4. The second-order valence-electron chi connectivity index (χ2n) is 5.74. The van der Waals surface area contributed by atoms with Crippen molar-refractivity contribution in [3.8, 4) is 9.88 Å². The first-order valence-corrected chi connectivity index (χ1v) is 9.76. The maximum Gasteiger partial charge on any atom is 0.226 e.